The molecule has 1 amide bonds. The van der Waals surface area contributed by atoms with Crippen molar-refractivity contribution >= 4 is 17.3 Å². The largest absolute Gasteiger partial charge is 0.379 e. The van der Waals surface area contributed by atoms with Crippen molar-refractivity contribution in [2.75, 3.05) is 10.6 Å². The van der Waals surface area contributed by atoms with E-state index in [1.54, 1.807) is 0 Å². The van der Waals surface area contributed by atoms with Crippen molar-refractivity contribution in [3.63, 3.8) is 0 Å². The highest BCUT2D eigenvalue weighted by Crippen LogP contribution is 2.30. The first-order valence-electron chi connectivity index (χ1n) is 7.27. The van der Waals surface area contributed by atoms with Gasteiger partial charge >= 0.3 is 0 Å². The molecule has 1 aliphatic carbocycles. The Balaban J connectivity index is 1.60. The number of pyridine rings is 1. The van der Waals surface area contributed by atoms with Crippen LogP contribution in [0.4, 0.5) is 11.4 Å². The van der Waals surface area contributed by atoms with Crippen LogP contribution in [0.25, 0.3) is 0 Å². The summed E-state index contributed by atoms with van der Waals surface area (Å²) in [5.41, 5.74) is 3.97. The van der Waals surface area contributed by atoms with Crippen molar-refractivity contribution < 1.29 is 4.79 Å². The second-order valence-corrected chi connectivity index (χ2v) is 5.52. The van der Waals surface area contributed by atoms with Gasteiger partial charge in [0.15, 0.2) is 0 Å². The number of nitrogens with zero attached hydrogens (tertiary/aromatic N) is 1. The normalized spacial score (nSPS) is 13.8. The predicted octanol–water partition coefficient (Wildman–Crippen LogP) is 3.35. The maximum absolute atomic E-state index is 11.8. The van der Waals surface area contributed by atoms with Crippen molar-refractivity contribution in [3.05, 3.63) is 53.9 Å². The summed E-state index contributed by atoms with van der Waals surface area (Å²) in [7, 11) is 0. The molecule has 21 heavy (non-hydrogen) atoms. The van der Waals surface area contributed by atoms with Gasteiger partial charge in [-0.3, -0.25) is 9.78 Å². The molecule has 0 bridgehead atoms. The monoisotopic (exact) mass is 281 g/mol. The first-order valence-corrected chi connectivity index (χ1v) is 7.27. The van der Waals surface area contributed by atoms with Crippen molar-refractivity contribution in [3.8, 4) is 0 Å². The highest BCUT2D eigenvalue weighted by atomic mass is 16.2. The Kier molecular flexibility index (Phi) is 3.86. The van der Waals surface area contributed by atoms with E-state index < -0.39 is 0 Å². The Labute approximate surface area is 124 Å². The molecule has 2 N–H and O–H groups in total. The Hall–Kier alpha value is -2.36. The van der Waals surface area contributed by atoms with Gasteiger partial charge in [-0.05, 0) is 49.6 Å². The van der Waals surface area contributed by atoms with Gasteiger partial charge in [0.1, 0.15) is 0 Å². The minimum Gasteiger partial charge on any atom is -0.379 e. The molecule has 0 spiro atoms. The maximum Gasteiger partial charge on any atom is 0.227 e. The fraction of sp³-hybridized carbons (Fsp3) is 0.294. The smallest absolute Gasteiger partial charge is 0.227 e. The molecule has 1 fully saturated rings. The maximum atomic E-state index is 11.8. The number of carbonyl (C=O) groups excluding carboxylic acids is 1. The summed E-state index contributed by atoms with van der Waals surface area (Å²) in [6.07, 6.45) is 3.90. The number of carbonyl (C=O) groups is 1. The lowest BCUT2D eigenvalue weighted by molar-refractivity contribution is -0.117. The van der Waals surface area contributed by atoms with Crippen molar-refractivity contribution in [2.45, 2.75) is 26.3 Å². The topological polar surface area (TPSA) is 54.0 Å². The van der Waals surface area contributed by atoms with Gasteiger partial charge in [-0.15, -0.1) is 0 Å². The van der Waals surface area contributed by atoms with Gasteiger partial charge in [0, 0.05) is 23.5 Å². The highest BCUT2D eigenvalue weighted by molar-refractivity contribution is 5.94. The van der Waals surface area contributed by atoms with Crippen LogP contribution in [-0.4, -0.2) is 10.9 Å². The summed E-state index contributed by atoms with van der Waals surface area (Å²) in [6, 6.07) is 11.9. The van der Waals surface area contributed by atoms with Crippen LogP contribution in [0, 0.1) is 12.8 Å². The first-order chi connectivity index (χ1) is 10.2. The summed E-state index contributed by atoms with van der Waals surface area (Å²) < 4.78 is 0. The Morgan fingerprint density at radius 3 is 2.76 bits per heavy atom. The summed E-state index contributed by atoms with van der Waals surface area (Å²) in [5.74, 6) is 0.353. The van der Waals surface area contributed by atoms with Gasteiger partial charge in [0.2, 0.25) is 5.91 Å². The Morgan fingerprint density at radius 2 is 2.05 bits per heavy atom. The van der Waals surface area contributed by atoms with Gasteiger partial charge < -0.3 is 10.6 Å². The molecular weight excluding hydrogens is 262 g/mol. The third-order valence-corrected chi connectivity index (χ3v) is 3.52. The summed E-state index contributed by atoms with van der Waals surface area (Å²) in [5, 5.41) is 6.28. The van der Waals surface area contributed by atoms with E-state index in [9.17, 15) is 4.79 Å². The van der Waals surface area contributed by atoms with Gasteiger partial charge in [-0.1, -0.05) is 12.1 Å². The van der Waals surface area contributed by atoms with Crippen LogP contribution in [0.1, 0.15) is 24.1 Å². The zero-order valence-corrected chi connectivity index (χ0v) is 12.1. The molecule has 4 nitrogen and oxygen atoms in total. The minimum absolute atomic E-state index is 0.132. The lowest BCUT2D eigenvalue weighted by atomic mass is 10.2. The van der Waals surface area contributed by atoms with E-state index in [1.807, 2.05) is 43.5 Å². The number of anilines is 2. The SMILES string of the molecule is Cc1ccc(CNc2cccc(NC(=O)C3CC3)c2)nc1. The molecule has 2 aromatic rings. The van der Waals surface area contributed by atoms with E-state index in [0.717, 1.165) is 35.5 Å². The molecule has 0 atom stereocenters. The zero-order chi connectivity index (χ0) is 14.7. The van der Waals surface area contributed by atoms with Crippen molar-refractivity contribution in [2.24, 2.45) is 5.92 Å². The number of amides is 1. The van der Waals surface area contributed by atoms with E-state index in [0.29, 0.717) is 6.54 Å². The quantitative estimate of drug-likeness (QED) is 0.883. The number of aryl methyl sites for hydroxylation is 1. The molecule has 1 heterocycles. The standard InChI is InChI=1S/C17H19N3O/c1-12-5-8-16(18-10-12)11-19-14-3-2-4-15(9-14)20-17(21)13-6-7-13/h2-5,8-10,13,19H,6-7,11H2,1H3,(H,20,21). The Bertz CT molecular complexity index is 633. The van der Waals surface area contributed by atoms with Gasteiger partial charge in [-0.2, -0.15) is 0 Å². The number of rotatable bonds is 5. The highest BCUT2D eigenvalue weighted by Gasteiger charge is 2.29. The molecule has 108 valence electrons. The summed E-state index contributed by atoms with van der Waals surface area (Å²) in [6.45, 7) is 2.69. The van der Waals surface area contributed by atoms with Crippen LogP contribution in [0.15, 0.2) is 42.6 Å². The molecule has 0 unspecified atom stereocenters. The van der Waals surface area contributed by atoms with E-state index in [2.05, 4.69) is 21.7 Å². The van der Waals surface area contributed by atoms with Crippen LogP contribution in [0.2, 0.25) is 0 Å². The van der Waals surface area contributed by atoms with Gasteiger partial charge in [0.25, 0.3) is 0 Å². The van der Waals surface area contributed by atoms with Crippen LogP contribution in [0.5, 0.6) is 0 Å². The third-order valence-electron chi connectivity index (χ3n) is 3.52. The van der Waals surface area contributed by atoms with E-state index in [4.69, 9.17) is 0 Å². The molecule has 0 aliphatic heterocycles. The van der Waals surface area contributed by atoms with Gasteiger partial charge in [-0.25, -0.2) is 0 Å². The second kappa shape index (κ2) is 5.95. The molecule has 0 saturated heterocycles. The van der Waals surface area contributed by atoms with Crippen molar-refractivity contribution in [1.82, 2.24) is 4.98 Å². The van der Waals surface area contributed by atoms with Crippen LogP contribution in [0.3, 0.4) is 0 Å². The van der Waals surface area contributed by atoms with Crippen LogP contribution >= 0.6 is 0 Å². The van der Waals surface area contributed by atoms with Gasteiger partial charge in [0.05, 0.1) is 12.2 Å². The molecule has 1 aliphatic rings. The molecule has 4 heteroatoms. The molecule has 1 saturated carbocycles. The number of aromatic nitrogens is 1. The summed E-state index contributed by atoms with van der Waals surface area (Å²) >= 11 is 0. The van der Waals surface area contributed by atoms with Crippen LogP contribution < -0.4 is 10.6 Å². The third kappa shape index (κ3) is 3.81. The average molecular weight is 281 g/mol. The summed E-state index contributed by atoms with van der Waals surface area (Å²) in [4.78, 5) is 16.1. The number of hydrogen-bond donors (Lipinski definition) is 2. The number of benzene rings is 1. The number of hydrogen-bond acceptors (Lipinski definition) is 3. The fourth-order valence-electron chi connectivity index (χ4n) is 2.09. The molecular formula is C17H19N3O. The zero-order valence-electron chi connectivity index (χ0n) is 12.1. The van der Waals surface area contributed by atoms with Crippen molar-refractivity contribution in [1.29, 1.82) is 0 Å². The lowest BCUT2D eigenvalue weighted by Gasteiger charge is -2.09. The van der Waals surface area contributed by atoms with E-state index in [1.165, 1.54) is 0 Å². The lowest BCUT2D eigenvalue weighted by Crippen LogP contribution is -2.13. The van der Waals surface area contributed by atoms with Crippen LogP contribution in [-0.2, 0) is 11.3 Å². The minimum atomic E-state index is 0.132. The number of nitrogens with one attached hydrogen (secondary N) is 2. The fourth-order valence-corrected chi connectivity index (χ4v) is 2.09. The molecule has 1 aromatic heterocycles. The molecule has 3 rings (SSSR count). The van der Waals surface area contributed by atoms with E-state index in [-0.39, 0.29) is 11.8 Å². The Morgan fingerprint density at radius 1 is 1.24 bits per heavy atom. The second-order valence-electron chi connectivity index (χ2n) is 5.52. The predicted molar refractivity (Wildman–Crippen MR) is 84.1 cm³/mol. The van der Waals surface area contributed by atoms with E-state index >= 15 is 0 Å². The first kappa shape index (κ1) is 13.6. The molecule has 0 radical (unpaired) electrons. The average Bonchev–Trinajstić information content (AvgIpc) is 3.32. The molecule has 1 aromatic carbocycles.